The molecule has 4 aromatic carbocycles. The molecule has 166 valence electrons. The van der Waals surface area contributed by atoms with E-state index in [1.54, 1.807) is 0 Å². The van der Waals surface area contributed by atoms with Gasteiger partial charge >= 0.3 is 0 Å². The van der Waals surface area contributed by atoms with Crippen LogP contribution in [0.1, 0.15) is 0 Å². The lowest BCUT2D eigenvalue weighted by molar-refractivity contribution is 0.481. The Morgan fingerprint density at radius 1 is 0.686 bits per heavy atom. The van der Waals surface area contributed by atoms with Crippen molar-refractivity contribution in [1.82, 2.24) is 9.55 Å². The predicted octanol–water partition coefficient (Wildman–Crippen LogP) is 7.21. The highest BCUT2D eigenvalue weighted by atomic mass is 16.5. The van der Waals surface area contributed by atoms with Gasteiger partial charge in [-0.2, -0.15) is 0 Å². The maximum Gasteiger partial charge on any atom is 0.153 e. The maximum absolute atomic E-state index is 6.27. The summed E-state index contributed by atoms with van der Waals surface area (Å²) >= 11 is 0. The average Bonchev–Trinajstić information content (AvgIpc) is 2.90. The van der Waals surface area contributed by atoms with E-state index in [-0.39, 0.29) is 0 Å². The summed E-state index contributed by atoms with van der Waals surface area (Å²) in [6.45, 7) is 0. The summed E-state index contributed by atoms with van der Waals surface area (Å²) in [7, 11) is 0. The Morgan fingerprint density at radius 2 is 1.46 bits per heavy atom. The van der Waals surface area contributed by atoms with Crippen molar-refractivity contribution in [3.8, 4) is 28.6 Å². The van der Waals surface area contributed by atoms with E-state index in [4.69, 9.17) is 14.7 Å². The summed E-state index contributed by atoms with van der Waals surface area (Å²) in [5, 5.41) is 4.36. The summed E-state index contributed by atoms with van der Waals surface area (Å²) in [6.07, 6.45) is 0. The molecule has 0 amide bonds. The van der Waals surface area contributed by atoms with Crippen molar-refractivity contribution in [2.45, 2.75) is 0 Å². The van der Waals surface area contributed by atoms with Crippen molar-refractivity contribution in [2.75, 3.05) is 5.32 Å². The third-order valence-electron chi connectivity index (χ3n) is 6.16. The Morgan fingerprint density at radius 3 is 2.31 bits per heavy atom. The minimum Gasteiger partial charge on any atom is -0.453 e. The van der Waals surface area contributed by atoms with Crippen LogP contribution in [0.4, 0.5) is 17.1 Å². The first kappa shape index (κ1) is 19.6. The number of benzene rings is 5. The summed E-state index contributed by atoms with van der Waals surface area (Å²) < 4.78 is 8.50. The topological polar surface area (TPSA) is 51.4 Å². The second-order valence-electron chi connectivity index (χ2n) is 8.46. The van der Waals surface area contributed by atoms with Crippen LogP contribution in [0.25, 0.3) is 28.1 Å². The van der Waals surface area contributed by atoms with E-state index in [0.717, 1.165) is 62.0 Å². The van der Waals surface area contributed by atoms with Crippen LogP contribution in [-0.4, -0.2) is 9.55 Å². The normalized spacial score (nSPS) is 12.6. The van der Waals surface area contributed by atoms with Crippen LogP contribution in [-0.2, 0) is 0 Å². The highest BCUT2D eigenvalue weighted by Crippen LogP contribution is 2.44. The molecular weight excluding hydrogens is 432 g/mol. The predicted molar refractivity (Wildman–Crippen MR) is 139 cm³/mol. The number of fused-ring (bicyclic) bond motifs is 4. The van der Waals surface area contributed by atoms with Crippen molar-refractivity contribution >= 4 is 28.1 Å². The fraction of sp³-hybridized carbons (Fsp3) is 0. The highest BCUT2D eigenvalue weighted by Gasteiger charge is 2.21. The smallest absolute Gasteiger partial charge is 0.153 e. The molecule has 0 saturated heterocycles. The van der Waals surface area contributed by atoms with E-state index in [9.17, 15) is 0 Å². The van der Waals surface area contributed by atoms with Gasteiger partial charge in [0, 0.05) is 11.8 Å². The highest BCUT2D eigenvalue weighted by molar-refractivity contribution is 5.90. The first-order chi connectivity index (χ1) is 17.3. The van der Waals surface area contributed by atoms with Crippen LogP contribution >= 0.6 is 0 Å². The molecule has 0 unspecified atom stereocenters. The number of para-hydroxylation sites is 4. The molecule has 5 nitrogen and oxygen atoms in total. The number of hydrogen-bond acceptors (Lipinski definition) is 4. The van der Waals surface area contributed by atoms with Crippen molar-refractivity contribution in [1.29, 1.82) is 0 Å². The van der Waals surface area contributed by atoms with Gasteiger partial charge in [-0.1, -0.05) is 48.5 Å². The van der Waals surface area contributed by atoms with Crippen LogP contribution < -0.4 is 15.4 Å². The Bertz CT molecular complexity index is 1740. The molecule has 5 heteroatoms. The number of nitrogens with zero attached hydrogens (tertiary/aromatic N) is 3. The Kier molecular flexibility index (Phi) is 4.39. The minimum atomic E-state index is 0.771. The van der Waals surface area contributed by atoms with E-state index in [1.807, 2.05) is 84.9 Å². The van der Waals surface area contributed by atoms with Crippen molar-refractivity contribution in [3.63, 3.8) is 0 Å². The van der Waals surface area contributed by atoms with Crippen LogP contribution in [0.5, 0.6) is 11.5 Å². The summed E-state index contributed by atoms with van der Waals surface area (Å²) in [6, 6.07) is 38.5. The fourth-order valence-corrected chi connectivity index (χ4v) is 4.55. The molecule has 0 atom stereocenters. The van der Waals surface area contributed by atoms with Crippen molar-refractivity contribution < 1.29 is 4.74 Å². The standard InChI is InChI=1S/C30H20N4O/c1-3-9-20(10-4-1)31-21-15-16-23-27(17-21)34(22-11-5-2-6-12-22)28-19-30-26(18-25(28)32-23)33-24-13-7-8-14-29(24)35-30/h1-19,33H. The van der Waals surface area contributed by atoms with Crippen LogP contribution in [0.15, 0.2) is 120 Å². The first-order valence-corrected chi connectivity index (χ1v) is 11.5. The van der Waals surface area contributed by atoms with Gasteiger partial charge in [0.1, 0.15) is 0 Å². The van der Waals surface area contributed by atoms with E-state index < -0.39 is 0 Å². The van der Waals surface area contributed by atoms with Gasteiger partial charge in [0.25, 0.3) is 0 Å². The molecule has 2 heterocycles. The Hall–Kier alpha value is -4.90. The third-order valence-corrected chi connectivity index (χ3v) is 6.16. The molecule has 0 spiro atoms. The molecule has 35 heavy (non-hydrogen) atoms. The lowest BCUT2D eigenvalue weighted by Crippen LogP contribution is -2.11. The van der Waals surface area contributed by atoms with Crippen molar-refractivity contribution in [3.05, 3.63) is 121 Å². The Balaban J connectivity index is 1.51. The van der Waals surface area contributed by atoms with Crippen molar-refractivity contribution in [2.24, 2.45) is 4.99 Å². The average molecular weight is 453 g/mol. The lowest BCUT2D eigenvalue weighted by Gasteiger charge is -2.24. The number of ether oxygens (including phenoxy) is 1. The largest absolute Gasteiger partial charge is 0.453 e. The van der Waals surface area contributed by atoms with E-state index in [0.29, 0.717) is 0 Å². The molecular formula is C30H20N4O. The minimum absolute atomic E-state index is 0.771. The van der Waals surface area contributed by atoms with Gasteiger partial charge in [0.2, 0.25) is 0 Å². The number of hydrogen-bond donors (Lipinski definition) is 1. The molecule has 0 fully saturated rings. The molecule has 4 aromatic rings. The number of nitrogens with one attached hydrogen (secondary N) is 1. The second kappa shape index (κ2) is 7.85. The molecule has 2 aliphatic heterocycles. The van der Waals surface area contributed by atoms with E-state index in [2.05, 4.69) is 40.2 Å². The van der Waals surface area contributed by atoms with Gasteiger partial charge in [-0.25, -0.2) is 9.98 Å². The van der Waals surface area contributed by atoms with Gasteiger partial charge in [-0.3, -0.25) is 0 Å². The lowest BCUT2D eigenvalue weighted by atomic mass is 10.1. The zero-order chi connectivity index (χ0) is 23.2. The van der Waals surface area contributed by atoms with E-state index in [1.165, 1.54) is 0 Å². The van der Waals surface area contributed by atoms with Gasteiger partial charge in [0.05, 0.1) is 44.8 Å². The van der Waals surface area contributed by atoms with Crippen LogP contribution in [0, 0.1) is 0 Å². The molecule has 1 aliphatic carbocycles. The quantitative estimate of drug-likeness (QED) is 0.282. The third kappa shape index (κ3) is 3.42. The molecule has 0 aromatic heterocycles. The van der Waals surface area contributed by atoms with Gasteiger partial charge in [0.15, 0.2) is 11.5 Å². The van der Waals surface area contributed by atoms with Gasteiger partial charge in [-0.05, 0) is 60.7 Å². The molecule has 1 N–H and O–H groups in total. The summed E-state index contributed by atoms with van der Waals surface area (Å²) in [5.41, 5.74) is 7.52. The molecule has 0 saturated carbocycles. The summed E-state index contributed by atoms with van der Waals surface area (Å²) in [5.74, 6) is 1.58. The van der Waals surface area contributed by atoms with Crippen LogP contribution in [0.2, 0.25) is 0 Å². The zero-order valence-electron chi connectivity index (χ0n) is 18.7. The summed E-state index contributed by atoms with van der Waals surface area (Å²) in [4.78, 5) is 9.84. The second-order valence-corrected chi connectivity index (χ2v) is 8.46. The number of rotatable bonds is 2. The molecule has 7 rings (SSSR count). The van der Waals surface area contributed by atoms with Gasteiger partial charge < -0.3 is 14.6 Å². The fourth-order valence-electron chi connectivity index (χ4n) is 4.55. The Labute approximate surface area is 202 Å². The van der Waals surface area contributed by atoms with Crippen LogP contribution in [0.3, 0.4) is 0 Å². The molecule has 3 aliphatic rings. The SMILES string of the molecule is c1ccc(N=c2ccc3nc4cc5c(cc4n(-c4ccccc4)c-3c2)Oc2ccccc2N5)cc1. The maximum atomic E-state index is 6.27. The molecule has 0 radical (unpaired) electrons. The first-order valence-electron chi connectivity index (χ1n) is 11.5. The number of aromatic nitrogens is 2. The zero-order valence-corrected chi connectivity index (χ0v) is 18.7. The number of anilines is 2. The molecule has 0 bridgehead atoms. The monoisotopic (exact) mass is 452 g/mol. The van der Waals surface area contributed by atoms with Gasteiger partial charge in [-0.15, -0.1) is 0 Å². The van der Waals surface area contributed by atoms with E-state index >= 15 is 0 Å².